The molecule has 2 unspecified atom stereocenters. The summed E-state index contributed by atoms with van der Waals surface area (Å²) in [7, 11) is 0. The number of rotatable bonds is 2. The first-order chi connectivity index (χ1) is 13.8. The van der Waals surface area contributed by atoms with E-state index in [0.717, 1.165) is 25.6 Å². The summed E-state index contributed by atoms with van der Waals surface area (Å²) in [6, 6.07) is 0.579. The van der Waals surface area contributed by atoms with Gasteiger partial charge in [-0.25, -0.2) is 0 Å². The molecule has 1 rings (SSSR count). The van der Waals surface area contributed by atoms with Gasteiger partial charge in [-0.1, -0.05) is 25.4 Å². The van der Waals surface area contributed by atoms with Crippen LogP contribution in [0.15, 0.2) is 9.98 Å². The molecule has 0 radical (unpaired) electrons. The van der Waals surface area contributed by atoms with E-state index >= 15 is 0 Å². The fourth-order valence-corrected chi connectivity index (χ4v) is 1.75. The van der Waals surface area contributed by atoms with E-state index in [2.05, 4.69) is 84.9 Å². The number of aliphatic imine (C=N–C) groups is 2. The molecule has 0 saturated heterocycles. The molecule has 192 valence electrons. The normalized spacial score (nSPS) is 15.7. The molecular formula is C19H41Cl2I4N4O2-. The van der Waals surface area contributed by atoms with Gasteiger partial charge in [0, 0.05) is 38.7 Å². The quantitative estimate of drug-likeness (QED) is 0.251. The van der Waals surface area contributed by atoms with Gasteiger partial charge in [0.2, 0.25) is 11.1 Å². The first kappa shape index (κ1) is 46.3. The first-order valence-corrected chi connectivity index (χ1v) is 22.8. The molecule has 31 heavy (non-hydrogen) atoms. The Kier molecular flexibility index (Phi) is 58.5. The van der Waals surface area contributed by atoms with Crippen LogP contribution in [0.5, 0.6) is 0 Å². The summed E-state index contributed by atoms with van der Waals surface area (Å²) < 4.78 is 0. The zero-order chi connectivity index (χ0) is 25.1. The maximum absolute atomic E-state index is 9.93. The Hall–Kier alpha value is 1.94. The summed E-state index contributed by atoms with van der Waals surface area (Å²) in [5.74, 6) is 0.826. The standard InChI is InChI=1S/C7H13N.C4H8ClN.C4H9NO.C2H3ClO.C2H7N.I3.HI/c1-5-4-6(2)8-7(5)3;1-3-6-4(2)5;1-3-5-4(2)6;1-2(3)4;1-2-3;1-3-2;/h5,7H,4H2,1-3H3;3H2,1-2H3;3H2,1-2H3,(H,5,6);1H3;2-3H2,1H3;;1H/q;;;;;-1;. The van der Waals surface area contributed by atoms with Crippen LogP contribution in [0.25, 0.3) is 0 Å². The van der Waals surface area contributed by atoms with Crippen LogP contribution in [-0.4, -0.2) is 47.7 Å². The van der Waals surface area contributed by atoms with Gasteiger partial charge < -0.3 is 11.1 Å². The third kappa shape index (κ3) is 72.0. The number of hydrogen-bond donors (Lipinski definition) is 2. The Morgan fingerprint density at radius 2 is 1.55 bits per heavy atom. The predicted octanol–water partition coefficient (Wildman–Crippen LogP) is 3.81. The fraction of sp³-hybridized carbons (Fsp3) is 0.789. The number of nitrogens with one attached hydrogen (secondary N) is 1. The number of hydrogen-bond acceptors (Lipinski definition) is 5. The number of nitrogens with zero attached hydrogens (tertiary/aromatic N) is 2. The van der Waals surface area contributed by atoms with Crippen LogP contribution in [0, 0.1) is 5.92 Å². The number of amides is 1. The molecule has 0 bridgehead atoms. The van der Waals surface area contributed by atoms with Crippen molar-refractivity contribution >= 4 is 106 Å². The Bertz CT molecular complexity index is 449. The van der Waals surface area contributed by atoms with Crippen molar-refractivity contribution in [1.29, 1.82) is 0 Å². The Labute approximate surface area is 247 Å². The van der Waals surface area contributed by atoms with Crippen molar-refractivity contribution in [3.05, 3.63) is 0 Å². The van der Waals surface area contributed by atoms with Crippen LogP contribution in [-0.2, 0) is 9.59 Å². The summed E-state index contributed by atoms with van der Waals surface area (Å²) in [6.45, 7) is 19.1. The third-order valence-corrected chi connectivity index (χ3v) is 2.79. The van der Waals surface area contributed by atoms with Crippen LogP contribution < -0.4 is 24.3 Å². The monoisotopic (exact) mass is 935 g/mol. The van der Waals surface area contributed by atoms with Gasteiger partial charge in [0.15, 0.2) is 0 Å². The van der Waals surface area contributed by atoms with Gasteiger partial charge in [-0.05, 0) is 65.1 Å². The minimum absolute atomic E-state index is 0. The molecule has 1 aliphatic heterocycles. The second kappa shape index (κ2) is 39.2. The molecule has 1 heterocycles. The van der Waals surface area contributed by atoms with Crippen molar-refractivity contribution < 1.29 is 22.8 Å². The van der Waals surface area contributed by atoms with Crippen LogP contribution in [0.1, 0.15) is 68.7 Å². The molecule has 6 nitrogen and oxygen atoms in total. The molecule has 1 amide bonds. The Balaban J connectivity index is -0.0000000626. The zero-order valence-electron chi connectivity index (χ0n) is 20.1. The average molecular weight is 936 g/mol. The molecule has 3 N–H and O–H groups in total. The topological polar surface area (TPSA) is 96.9 Å². The van der Waals surface area contributed by atoms with Crippen LogP contribution >= 0.6 is 84.4 Å². The van der Waals surface area contributed by atoms with Crippen molar-refractivity contribution in [2.24, 2.45) is 21.6 Å². The van der Waals surface area contributed by atoms with Gasteiger partial charge in [-0.15, -0.1) is 24.0 Å². The molecule has 0 saturated carbocycles. The van der Waals surface area contributed by atoms with Crippen molar-refractivity contribution in [2.45, 2.75) is 74.8 Å². The predicted molar refractivity (Wildman–Crippen MR) is 165 cm³/mol. The summed E-state index contributed by atoms with van der Waals surface area (Å²) in [5.41, 5.74) is 6.17. The number of carbonyl (C=O) groups is 2. The molecule has 0 spiro atoms. The maximum atomic E-state index is 9.93. The van der Waals surface area contributed by atoms with Crippen LogP contribution in [0.3, 0.4) is 0 Å². The third-order valence-electron chi connectivity index (χ3n) is 2.67. The van der Waals surface area contributed by atoms with Gasteiger partial charge >= 0.3 is 50.5 Å². The minimum atomic E-state index is -0.361. The molecule has 0 aromatic carbocycles. The SMILES string of the molecule is CC(=O)Cl.CC1=NC(C)C(C)C1.CCN.CCN=C(C)Cl.CCNC(C)=O.I.I[I-]I. The van der Waals surface area contributed by atoms with Gasteiger partial charge in [-0.2, -0.15) is 0 Å². The average Bonchev–Trinajstić information content (AvgIpc) is 2.85. The van der Waals surface area contributed by atoms with E-state index in [-0.39, 0.29) is 35.1 Å². The molecule has 12 heteroatoms. The van der Waals surface area contributed by atoms with Gasteiger partial charge in [0.05, 0.1) is 5.17 Å². The first-order valence-electron chi connectivity index (χ1n) is 9.48. The van der Waals surface area contributed by atoms with E-state index in [1.807, 2.05) is 20.8 Å². The van der Waals surface area contributed by atoms with Crippen molar-refractivity contribution in [1.82, 2.24) is 5.32 Å². The number of nitrogens with two attached hydrogens (primary N) is 1. The van der Waals surface area contributed by atoms with Gasteiger partial charge in [0.1, 0.15) is 0 Å². The summed E-state index contributed by atoms with van der Waals surface area (Å²) in [4.78, 5) is 27.3. The van der Waals surface area contributed by atoms with Crippen LogP contribution in [0.2, 0.25) is 0 Å². The summed E-state index contributed by atoms with van der Waals surface area (Å²) in [6.07, 6.45) is 1.21. The van der Waals surface area contributed by atoms with E-state index in [1.165, 1.54) is 26.0 Å². The molecule has 1 aliphatic rings. The van der Waals surface area contributed by atoms with Crippen molar-refractivity contribution in [3.63, 3.8) is 0 Å². The van der Waals surface area contributed by atoms with E-state index < -0.39 is 0 Å². The van der Waals surface area contributed by atoms with Crippen molar-refractivity contribution in [2.75, 3.05) is 19.6 Å². The van der Waals surface area contributed by atoms with Crippen molar-refractivity contribution in [3.8, 4) is 0 Å². The molecule has 0 aliphatic carbocycles. The summed E-state index contributed by atoms with van der Waals surface area (Å²) >= 11 is 15.3. The van der Waals surface area contributed by atoms with E-state index in [0.29, 0.717) is 24.5 Å². The molecular weight excluding hydrogens is 895 g/mol. The molecule has 0 aromatic rings. The van der Waals surface area contributed by atoms with Crippen LogP contribution in [0.4, 0.5) is 0 Å². The molecule has 0 aromatic heterocycles. The molecule has 2 atom stereocenters. The van der Waals surface area contributed by atoms with E-state index in [1.54, 1.807) is 6.92 Å². The fourth-order valence-electron chi connectivity index (χ4n) is 1.63. The Morgan fingerprint density at radius 3 is 1.58 bits per heavy atom. The number of halogens is 6. The second-order valence-corrected chi connectivity index (χ2v) is 23.1. The van der Waals surface area contributed by atoms with E-state index in [4.69, 9.17) is 17.3 Å². The van der Waals surface area contributed by atoms with Gasteiger partial charge in [-0.3, -0.25) is 19.6 Å². The zero-order valence-corrected chi connectivity index (χ0v) is 30.4. The second-order valence-electron chi connectivity index (χ2n) is 5.78. The van der Waals surface area contributed by atoms with E-state index in [9.17, 15) is 9.59 Å². The Morgan fingerprint density at radius 1 is 1.19 bits per heavy atom. The number of carbonyl (C=O) groups excluding carboxylic acids is 2. The molecule has 0 fully saturated rings. The van der Waals surface area contributed by atoms with Gasteiger partial charge in [0.25, 0.3) is 0 Å². The summed E-state index contributed by atoms with van der Waals surface area (Å²) in [5, 5.41) is 2.84.